The molecule has 3 N–H and O–H groups in total. The van der Waals surface area contributed by atoms with E-state index in [0.717, 1.165) is 12.8 Å². The highest BCUT2D eigenvalue weighted by atomic mass is 35.5. The van der Waals surface area contributed by atoms with Crippen LogP contribution in [0.5, 0.6) is 0 Å². The van der Waals surface area contributed by atoms with E-state index in [0.29, 0.717) is 28.2 Å². The van der Waals surface area contributed by atoms with Crippen molar-refractivity contribution in [2.24, 2.45) is 11.8 Å². The third-order valence-corrected chi connectivity index (χ3v) is 4.20. The number of nitrogens with one attached hydrogen (secondary N) is 1. The van der Waals surface area contributed by atoms with Crippen LogP contribution in [0.4, 0.5) is 5.82 Å². The lowest BCUT2D eigenvalue weighted by Gasteiger charge is -2.20. The molecule has 0 aromatic carbocycles. The summed E-state index contributed by atoms with van der Waals surface area (Å²) in [5.74, 6) is 1.28. The standard InChI is InChI=1S/C13H18ClN3O/c1-7-3-4-11(8(7)2)17-13(18)9-5-12(15)16-6-10(9)14/h5-8,11H,3-4H2,1-2H3,(H2,15,16)(H,17,18). The molecule has 0 saturated heterocycles. The summed E-state index contributed by atoms with van der Waals surface area (Å²) >= 11 is 5.96. The van der Waals surface area contributed by atoms with E-state index in [1.165, 1.54) is 12.3 Å². The number of amides is 1. The fraction of sp³-hybridized carbons (Fsp3) is 0.538. The summed E-state index contributed by atoms with van der Waals surface area (Å²) < 4.78 is 0. The predicted molar refractivity (Wildman–Crippen MR) is 72.5 cm³/mol. The van der Waals surface area contributed by atoms with Gasteiger partial charge < -0.3 is 11.1 Å². The van der Waals surface area contributed by atoms with Crippen LogP contribution >= 0.6 is 11.6 Å². The van der Waals surface area contributed by atoms with Crippen LogP contribution in [-0.4, -0.2) is 16.9 Å². The molecule has 98 valence electrons. The summed E-state index contributed by atoms with van der Waals surface area (Å²) in [6.07, 6.45) is 3.58. The molecule has 1 heterocycles. The van der Waals surface area contributed by atoms with Crippen molar-refractivity contribution in [3.05, 3.63) is 22.8 Å². The Balaban J connectivity index is 2.10. The van der Waals surface area contributed by atoms with Gasteiger partial charge in [0.25, 0.3) is 5.91 Å². The molecule has 4 nitrogen and oxygen atoms in total. The molecule has 0 radical (unpaired) electrons. The third kappa shape index (κ3) is 2.58. The normalized spacial score (nSPS) is 27.2. The van der Waals surface area contributed by atoms with Crippen molar-refractivity contribution < 1.29 is 4.79 Å². The van der Waals surface area contributed by atoms with E-state index in [2.05, 4.69) is 24.1 Å². The molecule has 0 spiro atoms. The van der Waals surface area contributed by atoms with Crippen molar-refractivity contribution in [3.63, 3.8) is 0 Å². The molecule has 1 aromatic heterocycles. The summed E-state index contributed by atoms with van der Waals surface area (Å²) in [5.41, 5.74) is 5.97. The molecular weight excluding hydrogens is 250 g/mol. The summed E-state index contributed by atoms with van der Waals surface area (Å²) in [4.78, 5) is 16.0. The zero-order valence-electron chi connectivity index (χ0n) is 10.6. The maximum atomic E-state index is 12.1. The second-order valence-electron chi connectivity index (χ2n) is 5.08. The Bertz CT molecular complexity index is 464. The quantitative estimate of drug-likeness (QED) is 0.865. The van der Waals surface area contributed by atoms with Gasteiger partial charge in [0.2, 0.25) is 0 Å². The first-order chi connectivity index (χ1) is 8.49. The number of pyridine rings is 1. The van der Waals surface area contributed by atoms with E-state index in [9.17, 15) is 4.79 Å². The Kier molecular flexibility index (Phi) is 3.76. The van der Waals surface area contributed by atoms with Gasteiger partial charge in [0, 0.05) is 12.2 Å². The van der Waals surface area contributed by atoms with E-state index in [1.807, 2.05) is 0 Å². The lowest BCUT2D eigenvalue weighted by atomic mass is 9.97. The average Bonchev–Trinajstić information content (AvgIpc) is 2.64. The highest BCUT2D eigenvalue weighted by Gasteiger charge is 2.31. The number of anilines is 1. The van der Waals surface area contributed by atoms with E-state index in [1.54, 1.807) is 0 Å². The van der Waals surface area contributed by atoms with Gasteiger partial charge in [-0.3, -0.25) is 4.79 Å². The zero-order valence-corrected chi connectivity index (χ0v) is 11.4. The topological polar surface area (TPSA) is 68.0 Å². The van der Waals surface area contributed by atoms with Crippen molar-refractivity contribution in [3.8, 4) is 0 Å². The lowest BCUT2D eigenvalue weighted by Crippen LogP contribution is -2.37. The number of hydrogen-bond acceptors (Lipinski definition) is 3. The lowest BCUT2D eigenvalue weighted by molar-refractivity contribution is 0.0927. The SMILES string of the molecule is CC1CCC(NC(=O)c2cc(N)ncc2Cl)C1C. The summed E-state index contributed by atoms with van der Waals surface area (Å²) in [5, 5.41) is 3.37. The number of carbonyl (C=O) groups excluding carboxylic acids is 1. The minimum atomic E-state index is -0.167. The van der Waals surface area contributed by atoms with Gasteiger partial charge in [-0.15, -0.1) is 0 Å². The largest absolute Gasteiger partial charge is 0.384 e. The van der Waals surface area contributed by atoms with Gasteiger partial charge in [-0.05, 0) is 30.7 Å². The Morgan fingerprint density at radius 1 is 1.50 bits per heavy atom. The van der Waals surface area contributed by atoms with Gasteiger partial charge in [-0.2, -0.15) is 0 Å². The first-order valence-corrected chi connectivity index (χ1v) is 6.58. The molecule has 2 rings (SSSR count). The Morgan fingerprint density at radius 2 is 2.22 bits per heavy atom. The Labute approximate surface area is 112 Å². The number of hydrogen-bond donors (Lipinski definition) is 2. The number of carbonyl (C=O) groups is 1. The number of nitrogen functional groups attached to an aromatic ring is 1. The molecule has 18 heavy (non-hydrogen) atoms. The molecule has 3 atom stereocenters. The average molecular weight is 268 g/mol. The van der Waals surface area contributed by atoms with Gasteiger partial charge in [0.1, 0.15) is 5.82 Å². The Hall–Kier alpha value is -1.29. The molecule has 1 aromatic rings. The summed E-state index contributed by atoms with van der Waals surface area (Å²) in [6, 6.07) is 1.73. The fourth-order valence-electron chi connectivity index (χ4n) is 2.44. The molecule has 0 aliphatic heterocycles. The van der Waals surface area contributed by atoms with Crippen molar-refractivity contribution in [2.75, 3.05) is 5.73 Å². The van der Waals surface area contributed by atoms with Crippen LogP contribution in [0.2, 0.25) is 5.02 Å². The summed E-state index contributed by atoms with van der Waals surface area (Å²) in [6.45, 7) is 4.39. The van der Waals surface area contributed by atoms with Gasteiger partial charge in [-0.1, -0.05) is 25.4 Å². The van der Waals surface area contributed by atoms with E-state index < -0.39 is 0 Å². The fourth-order valence-corrected chi connectivity index (χ4v) is 2.63. The van der Waals surface area contributed by atoms with E-state index in [4.69, 9.17) is 17.3 Å². The van der Waals surface area contributed by atoms with Crippen LogP contribution in [0.15, 0.2) is 12.3 Å². The van der Waals surface area contributed by atoms with Gasteiger partial charge >= 0.3 is 0 Å². The van der Waals surface area contributed by atoms with E-state index >= 15 is 0 Å². The van der Waals surface area contributed by atoms with Crippen LogP contribution in [0.3, 0.4) is 0 Å². The monoisotopic (exact) mass is 267 g/mol. The maximum Gasteiger partial charge on any atom is 0.253 e. The number of nitrogens with zero attached hydrogens (tertiary/aromatic N) is 1. The van der Waals surface area contributed by atoms with Crippen molar-refractivity contribution >= 4 is 23.3 Å². The van der Waals surface area contributed by atoms with Gasteiger partial charge in [0.05, 0.1) is 10.6 Å². The first-order valence-electron chi connectivity index (χ1n) is 6.21. The Morgan fingerprint density at radius 3 is 2.83 bits per heavy atom. The number of rotatable bonds is 2. The highest BCUT2D eigenvalue weighted by molar-refractivity contribution is 6.33. The van der Waals surface area contributed by atoms with Gasteiger partial charge in [0.15, 0.2) is 0 Å². The van der Waals surface area contributed by atoms with Crippen LogP contribution < -0.4 is 11.1 Å². The minimum absolute atomic E-state index is 0.167. The first kappa shape index (κ1) is 13.1. The van der Waals surface area contributed by atoms with Crippen molar-refractivity contribution in [1.29, 1.82) is 0 Å². The molecule has 1 aliphatic rings. The summed E-state index contributed by atoms with van der Waals surface area (Å²) in [7, 11) is 0. The molecule has 1 saturated carbocycles. The third-order valence-electron chi connectivity index (χ3n) is 3.90. The molecule has 1 amide bonds. The number of nitrogens with two attached hydrogens (primary N) is 1. The predicted octanol–water partition coefficient (Wildman–Crippen LogP) is 2.48. The highest BCUT2D eigenvalue weighted by Crippen LogP contribution is 2.31. The molecule has 5 heteroatoms. The number of halogens is 1. The van der Waals surface area contributed by atoms with Crippen molar-refractivity contribution in [1.82, 2.24) is 10.3 Å². The second-order valence-corrected chi connectivity index (χ2v) is 5.49. The van der Waals surface area contributed by atoms with Crippen molar-refractivity contribution in [2.45, 2.75) is 32.7 Å². The smallest absolute Gasteiger partial charge is 0.253 e. The van der Waals surface area contributed by atoms with Crippen LogP contribution in [-0.2, 0) is 0 Å². The maximum absolute atomic E-state index is 12.1. The second kappa shape index (κ2) is 5.14. The molecule has 0 bridgehead atoms. The molecule has 3 unspecified atom stereocenters. The number of aromatic nitrogens is 1. The zero-order chi connectivity index (χ0) is 13.3. The minimum Gasteiger partial charge on any atom is -0.384 e. The molecular formula is C13H18ClN3O. The van der Waals surface area contributed by atoms with Crippen LogP contribution in [0.25, 0.3) is 0 Å². The van der Waals surface area contributed by atoms with Gasteiger partial charge in [-0.25, -0.2) is 4.98 Å². The molecule has 1 aliphatic carbocycles. The molecule has 1 fully saturated rings. The van der Waals surface area contributed by atoms with E-state index in [-0.39, 0.29) is 11.9 Å². The van der Waals surface area contributed by atoms with Crippen LogP contribution in [0, 0.1) is 11.8 Å². The van der Waals surface area contributed by atoms with Crippen LogP contribution in [0.1, 0.15) is 37.0 Å².